The van der Waals surface area contributed by atoms with Crippen LogP contribution < -0.4 is 10.6 Å². The van der Waals surface area contributed by atoms with Gasteiger partial charge in [-0.25, -0.2) is 9.79 Å². The minimum Gasteiger partial charge on any atom is -0.469 e. The summed E-state index contributed by atoms with van der Waals surface area (Å²) in [5.74, 6) is 1.73. The first-order chi connectivity index (χ1) is 13.7. The zero-order chi connectivity index (χ0) is 19.6. The Labute approximate surface area is 188 Å². The van der Waals surface area contributed by atoms with Crippen molar-refractivity contribution in [2.75, 3.05) is 26.7 Å². The van der Waals surface area contributed by atoms with E-state index in [1.165, 1.54) is 7.11 Å². The third kappa shape index (κ3) is 7.60. The molecule has 2 N–H and O–H groups in total. The van der Waals surface area contributed by atoms with Gasteiger partial charge in [0.1, 0.15) is 5.76 Å². The van der Waals surface area contributed by atoms with E-state index in [0.717, 1.165) is 43.1 Å². The average molecular weight is 512 g/mol. The van der Waals surface area contributed by atoms with Gasteiger partial charge in [-0.2, -0.15) is 0 Å². The molecule has 0 spiro atoms. The van der Waals surface area contributed by atoms with Crippen LogP contribution in [0.1, 0.15) is 24.2 Å². The van der Waals surface area contributed by atoms with E-state index in [1.54, 1.807) is 11.2 Å². The van der Waals surface area contributed by atoms with E-state index >= 15 is 0 Å². The second kappa shape index (κ2) is 12.4. The lowest BCUT2D eigenvalue weighted by molar-refractivity contribution is 0.111. The van der Waals surface area contributed by atoms with Crippen LogP contribution in [0.15, 0.2) is 58.1 Å². The predicted molar refractivity (Wildman–Crippen MR) is 124 cm³/mol. The number of amides is 1. The zero-order valence-corrected chi connectivity index (χ0v) is 19.0. The van der Waals surface area contributed by atoms with Crippen LogP contribution >= 0.6 is 24.0 Å². The van der Waals surface area contributed by atoms with Gasteiger partial charge in [-0.15, -0.1) is 24.0 Å². The Hall–Kier alpha value is -2.23. The van der Waals surface area contributed by atoms with Crippen LogP contribution in [-0.2, 0) is 17.7 Å². The Balaban J connectivity index is 0.00000300. The average Bonchev–Trinajstić information content (AvgIpc) is 3.26. The van der Waals surface area contributed by atoms with Gasteiger partial charge in [-0.05, 0) is 30.5 Å². The molecule has 0 atom stereocenters. The fourth-order valence-electron chi connectivity index (χ4n) is 3.19. The van der Waals surface area contributed by atoms with Crippen molar-refractivity contribution >= 4 is 36.0 Å². The van der Waals surface area contributed by atoms with Crippen LogP contribution in [0.2, 0.25) is 0 Å². The lowest BCUT2D eigenvalue weighted by Gasteiger charge is -2.32. The zero-order valence-electron chi connectivity index (χ0n) is 16.7. The van der Waals surface area contributed by atoms with Gasteiger partial charge in [0.2, 0.25) is 0 Å². The third-order valence-electron chi connectivity index (χ3n) is 4.78. The molecule has 1 fully saturated rings. The summed E-state index contributed by atoms with van der Waals surface area (Å²) in [5.41, 5.74) is 1.16. The Bertz CT molecular complexity index is 745. The molecule has 29 heavy (non-hydrogen) atoms. The monoisotopic (exact) mass is 512 g/mol. The first kappa shape index (κ1) is 23.1. The number of carbonyl (C=O) groups excluding carboxylic acids is 1. The van der Waals surface area contributed by atoms with Gasteiger partial charge < -0.3 is 24.7 Å². The van der Waals surface area contributed by atoms with Crippen LogP contribution in [0.5, 0.6) is 0 Å². The molecule has 7 nitrogen and oxygen atoms in total. The number of halogens is 1. The molecule has 3 rings (SSSR count). The van der Waals surface area contributed by atoms with E-state index in [9.17, 15) is 4.79 Å². The summed E-state index contributed by atoms with van der Waals surface area (Å²) >= 11 is 0. The predicted octanol–water partition coefficient (Wildman–Crippen LogP) is 3.41. The van der Waals surface area contributed by atoms with E-state index in [2.05, 4.69) is 22.8 Å². The minimum absolute atomic E-state index is 0. The number of guanidine groups is 1. The molecule has 158 valence electrons. The second-order valence-electron chi connectivity index (χ2n) is 6.78. The number of nitrogens with one attached hydrogen (secondary N) is 2. The van der Waals surface area contributed by atoms with Crippen molar-refractivity contribution in [1.82, 2.24) is 15.5 Å². The highest BCUT2D eigenvalue weighted by Gasteiger charge is 2.23. The highest BCUT2D eigenvalue weighted by atomic mass is 127. The summed E-state index contributed by atoms with van der Waals surface area (Å²) in [6, 6.07) is 14.3. The fourth-order valence-corrected chi connectivity index (χ4v) is 3.19. The summed E-state index contributed by atoms with van der Waals surface area (Å²) in [6.07, 6.45) is 3.94. The molecule has 1 aliphatic heterocycles. The second-order valence-corrected chi connectivity index (χ2v) is 6.78. The maximum absolute atomic E-state index is 11.6. The largest absolute Gasteiger partial charge is 0.469 e. The van der Waals surface area contributed by atoms with Crippen molar-refractivity contribution in [3.05, 3.63) is 60.1 Å². The summed E-state index contributed by atoms with van der Waals surface area (Å²) < 4.78 is 10.2. The van der Waals surface area contributed by atoms with E-state index in [0.29, 0.717) is 19.6 Å². The highest BCUT2D eigenvalue weighted by molar-refractivity contribution is 14.0. The molecule has 1 aliphatic rings. The molecule has 1 amide bonds. The first-order valence-electron chi connectivity index (χ1n) is 9.68. The van der Waals surface area contributed by atoms with E-state index in [4.69, 9.17) is 14.1 Å². The number of benzene rings is 1. The molecular formula is C21H29IN4O3. The topological polar surface area (TPSA) is 79.1 Å². The molecule has 0 unspecified atom stereocenters. The quantitative estimate of drug-likeness (QED) is 0.353. The SMILES string of the molecule is COC(=O)N1CCC(NC(=NCc2ccccc2)NCCc2ccco2)CC1.I. The summed E-state index contributed by atoms with van der Waals surface area (Å²) in [5, 5.41) is 6.91. The Morgan fingerprint density at radius 1 is 1.21 bits per heavy atom. The van der Waals surface area contributed by atoms with Crippen molar-refractivity contribution in [2.45, 2.75) is 31.8 Å². The van der Waals surface area contributed by atoms with Crippen LogP contribution in [0.25, 0.3) is 0 Å². The summed E-state index contributed by atoms with van der Waals surface area (Å²) in [4.78, 5) is 18.1. The number of methoxy groups -OCH3 is 1. The summed E-state index contributed by atoms with van der Waals surface area (Å²) in [7, 11) is 1.42. The molecule has 2 aromatic rings. The van der Waals surface area contributed by atoms with Gasteiger partial charge in [0.15, 0.2) is 5.96 Å². The molecule has 8 heteroatoms. The standard InChI is InChI=1S/C21H28N4O3.HI/c1-27-21(26)25-13-10-18(11-14-25)24-20(22-12-9-19-8-5-15-28-19)23-16-17-6-3-2-4-7-17;/h2-8,15,18H,9-14,16H2,1H3,(H2,22,23,24);1H. The molecular weight excluding hydrogens is 483 g/mol. The van der Waals surface area contributed by atoms with Gasteiger partial charge in [-0.3, -0.25) is 0 Å². The van der Waals surface area contributed by atoms with E-state index in [1.807, 2.05) is 30.3 Å². The lowest BCUT2D eigenvalue weighted by Crippen LogP contribution is -2.50. The molecule has 0 radical (unpaired) electrons. The number of ether oxygens (including phenoxy) is 1. The smallest absolute Gasteiger partial charge is 0.409 e. The number of piperidine rings is 1. The van der Waals surface area contributed by atoms with Gasteiger partial charge in [0, 0.05) is 32.1 Å². The number of furan rings is 1. The van der Waals surface area contributed by atoms with Crippen molar-refractivity contribution in [3.63, 3.8) is 0 Å². The fraction of sp³-hybridized carbons (Fsp3) is 0.429. The number of hydrogen-bond donors (Lipinski definition) is 2. The Morgan fingerprint density at radius 3 is 2.62 bits per heavy atom. The molecule has 2 heterocycles. The molecule has 1 aromatic carbocycles. The Kier molecular flexibility index (Phi) is 9.82. The first-order valence-corrected chi connectivity index (χ1v) is 9.68. The van der Waals surface area contributed by atoms with Gasteiger partial charge >= 0.3 is 6.09 Å². The van der Waals surface area contributed by atoms with Crippen molar-refractivity contribution in [1.29, 1.82) is 0 Å². The summed E-state index contributed by atoms with van der Waals surface area (Å²) in [6.45, 7) is 2.71. The van der Waals surface area contributed by atoms with Crippen LogP contribution in [-0.4, -0.2) is 49.7 Å². The van der Waals surface area contributed by atoms with E-state index in [-0.39, 0.29) is 36.1 Å². The normalized spacial score (nSPS) is 14.8. The van der Waals surface area contributed by atoms with Crippen LogP contribution in [0, 0.1) is 0 Å². The molecule has 0 aliphatic carbocycles. The Morgan fingerprint density at radius 2 is 1.97 bits per heavy atom. The van der Waals surface area contributed by atoms with Gasteiger partial charge in [0.25, 0.3) is 0 Å². The van der Waals surface area contributed by atoms with Crippen molar-refractivity contribution in [3.8, 4) is 0 Å². The highest BCUT2D eigenvalue weighted by Crippen LogP contribution is 2.11. The van der Waals surface area contributed by atoms with Gasteiger partial charge in [0.05, 0.1) is 19.9 Å². The minimum atomic E-state index is -0.256. The number of carbonyl (C=O) groups is 1. The number of likely N-dealkylation sites (tertiary alicyclic amines) is 1. The number of hydrogen-bond acceptors (Lipinski definition) is 4. The lowest BCUT2D eigenvalue weighted by atomic mass is 10.1. The number of aliphatic imine (C=N–C) groups is 1. The van der Waals surface area contributed by atoms with E-state index < -0.39 is 0 Å². The van der Waals surface area contributed by atoms with Crippen LogP contribution in [0.4, 0.5) is 4.79 Å². The third-order valence-corrected chi connectivity index (χ3v) is 4.78. The number of nitrogens with zero attached hydrogens (tertiary/aromatic N) is 2. The molecule has 0 saturated carbocycles. The van der Waals surface area contributed by atoms with Crippen molar-refractivity contribution in [2.24, 2.45) is 4.99 Å². The van der Waals surface area contributed by atoms with Gasteiger partial charge in [-0.1, -0.05) is 30.3 Å². The maximum Gasteiger partial charge on any atom is 0.409 e. The molecule has 0 bridgehead atoms. The maximum atomic E-state index is 11.6. The number of rotatable bonds is 6. The molecule has 1 aromatic heterocycles. The van der Waals surface area contributed by atoms with Crippen LogP contribution in [0.3, 0.4) is 0 Å². The van der Waals surface area contributed by atoms with Crippen molar-refractivity contribution < 1.29 is 13.9 Å². The molecule has 1 saturated heterocycles.